The molecule has 1 aromatic carbocycles. The summed E-state index contributed by atoms with van der Waals surface area (Å²) in [6.45, 7) is 2.67. The Morgan fingerprint density at radius 2 is 2.00 bits per heavy atom. The van der Waals surface area contributed by atoms with Crippen LogP contribution in [0.3, 0.4) is 0 Å². The van der Waals surface area contributed by atoms with E-state index in [4.69, 9.17) is 10.00 Å². The zero-order chi connectivity index (χ0) is 12.7. The van der Waals surface area contributed by atoms with Crippen molar-refractivity contribution in [2.45, 2.75) is 6.18 Å². The highest BCUT2D eigenvalue weighted by molar-refractivity contribution is 5.38. The first kappa shape index (κ1) is 13.5. The summed E-state index contributed by atoms with van der Waals surface area (Å²) in [7, 11) is 0. The molecular formula is C11H11F3N2O. The Morgan fingerprint density at radius 1 is 1.29 bits per heavy atom. The van der Waals surface area contributed by atoms with Crippen LogP contribution in [-0.2, 0) is 10.9 Å². The van der Waals surface area contributed by atoms with E-state index < -0.39 is 11.7 Å². The van der Waals surface area contributed by atoms with Crippen LogP contribution < -0.4 is 5.32 Å². The van der Waals surface area contributed by atoms with Gasteiger partial charge in [0.25, 0.3) is 0 Å². The van der Waals surface area contributed by atoms with Crippen LogP contribution >= 0.6 is 0 Å². The van der Waals surface area contributed by atoms with Gasteiger partial charge in [0.15, 0.2) is 0 Å². The molecular weight excluding hydrogens is 233 g/mol. The largest absolute Gasteiger partial charge is 0.417 e. The Balaban J connectivity index is 0.000000239. The van der Waals surface area contributed by atoms with Crippen LogP contribution in [0.2, 0.25) is 0 Å². The number of alkyl halides is 3. The molecule has 0 unspecified atom stereocenters. The van der Waals surface area contributed by atoms with Crippen molar-refractivity contribution < 1.29 is 17.9 Å². The van der Waals surface area contributed by atoms with Crippen molar-refractivity contribution in [3.05, 3.63) is 35.4 Å². The summed E-state index contributed by atoms with van der Waals surface area (Å²) < 4.78 is 41.1. The fourth-order valence-electron chi connectivity index (χ4n) is 1.19. The first-order chi connectivity index (χ1) is 8.05. The van der Waals surface area contributed by atoms with Crippen molar-refractivity contribution in [3.8, 4) is 6.07 Å². The predicted octanol–water partition coefficient (Wildman–Crippen LogP) is 2.14. The third kappa shape index (κ3) is 4.43. The average molecular weight is 244 g/mol. The summed E-state index contributed by atoms with van der Waals surface area (Å²) in [4.78, 5) is 0. The molecule has 1 N–H and O–H groups in total. The van der Waals surface area contributed by atoms with Gasteiger partial charge in [0, 0.05) is 6.54 Å². The number of nitrogens with zero attached hydrogens (tertiary/aromatic N) is 1. The number of hydrogen-bond acceptors (Lipinski definition) is 3. The van der Waals surface area contributed by atoms with Gasteiger partial charge in [-0.05, 0) is 12.1 Å². The molecule has 1 aliphatic rings. The summed E-state index contributed by atoms with van der Waals surface area (Å²) in [5.41, 5.74) is -1.22. The molecule has 0 radical (unpaired) electrons. The standard InChI is InChI=1S/C8H4F3N.C3H7NO/c9-8(10,11)7-4-2-1-3-6(7)5-12;1-2-5-3-4-1/h1-4H;4H,1-3H2. The van der Waals surface area contributed by atoms with Gasteiger partial charge in [0.05, 0.1) is 30.5 Å². The highest BCUT2D eigenvalue weighted by Gasteiger charge is 2.32. The monoisotopic (exact) mass is 244 g/mol. The Bertz CT molecular complexity index is 387. The molecule has 0 aliphatic carbocycles. The maximum Gasteiger partial charge on any atom is 0.417 e. The molecule has 1 saturated heterocycles. The summed E-state index contributed by atoms with van der Waals surface area (Å²) in [5, 5.41) is 11.3. The van der Waals surface area contributed by atoms with E-state index in [0.717, 1.165) is 32.0 Å². The molecule has 1 heterocycles. The molecule has 1 aliphatic heterocycles. The van der Waals surface area contributed by atoms with Gasteiger partial charge in [-0.15, -0.1) is 0 Å². The van der Waals surface area contributed by atoms with Crippen molar-refractivity contribution in [2.75, 3.05) is 19.9 Å². The van der Waals surface area contributed by atoms with Gasteiger partial charge < -0.3 is 4.74 Å². The Morgan fingerprint density at radius 3 is 2.35 bits per heavy atom. The molecule has 3 nitrogen and oxygen atoms in total. The number of halogens is 3. The zero-order valence-corrected chi connectivity index (χ0v) is 8.92. The van der Waals surface area contributed by atoms with Gasteiger partial charge in [0.1, 0.15) is 0 Å². The molecule has 1 fully saturated rings. The van der Waals surface area contributed by atoms with Gasteiger partial charge in [-0.2, -0.15) is 18.4 Å². The minimum atomic E-state index is -4.44. The van der Waals surface area contributed by atoms with Gasteiger partial charge in [-0.3, -0.25) is 5.32 Å². The molecule has 17 heavy (non-hydrogen) atoms. The van der Waals surface area contributed by atoms with Crippen LogP contribution in [0.4, 0.5) is 13.2 Å². The molecule has 92 valence electrons. The summed E-state index contributed by atoms with van der Waals surface area (Å²) >= 11 is 0. The van der Waals surface area contributed by atoms with Crippen molar-refractivity contribution in [3.63, 3.8) is 0 Å². The highest BCUT2D eigenvalue weighted by Crippen LogP contribution is 2.31. The molecule has 1 aromatic rings. The summed E-state index contributed by atoms with van der Waals surface area (Å²) in [5.74, 6) is 0. The number of ether oxygens (including phenoxy) is 1. The van der Waals surface area contributed by atoms with Crippen LogP contribution in [0, 0.1) is 11.3 Å². The third-order valence-corrected chi connectivity index (χ3v) is 1.98. The Hall–Kier alpha value is -1.58. The fourth-order valence-corrected chi connectivity index (χ4v) is 1.19. The molecule has 0 saturated carbocycles. The molecule has 0 aromatic heterocycles. The Kier molecular flexibility index (Phi) is 4.94. The highest BCUT2D eigenvalue weighted by atomic mass is 19.4. The van der Waals surface area contributed by atoms with E-state index in [1.807, 2.05) is 0 Å². The number of hydrogen-bond donors (Lipinski definition) is 1. The smallest absolute Gasteiger partial charge is 0.365 e. The van der Waals surface area contributed by atoms with Gasteiger partial charge in [0.2, 0.25) is 0 Å². The normalized spacial score (nSPS) is 14.7. The van der Waals surface area contributed by atoms with Crippen molar-refractivity contribution in [2.24, 2.45) is 0 Å². The van der Waals surface area contributed by atoms with Crippen LogP contribution in [0.1, 0.15) is 11.1 Å². The SMILES string of the molecule is C1COCN1.N#Cc1ccccc1C(F)(F)F. The van der Waals surface area contributed by atoms with Gasteiger partial charge in [-0.25, -0.2) is 0 Å². The topological polar surface area (TPSA) is 45.0 Å². The van der Waals surface area contributed by atoms with Crippen LogP contribution in [-0.4, -0.2) is 19.9 Å². The molecule has 0 amide bonds. The predicted molar refractivity (Wildman–Crippen MR) is 55.0 cm³/mol. The Labute approximate surface area is 96.8 Å². The second-order valence-electron chi connectivity index (χ2n) is 3.21. The lowest BCUT2D eigenvalue weighted by Crippen LogP contribution is -2.06. The maximum absolute atomic E-state index is 12.1. The van der Waals surface area contributed by atoms with Crippen molar-refractivity contribution >= 4 is 0 Å². The zero-order valence-electron chi connectivity index (χ0n) is 8.92. The van der Waals surface area contributed by atoms with E-state index in [1.165, 1.54) is 18.2 Å². The number of rotatable bonds is 0. The van der Waals surface area contributed by atoms with Crippen molar-refractivity contribution in [1.82, 2.24) is 5.32 Å². The van der Waals surface area contributed by atoms with Gasteiger partial charge in [-0.1, -0.05) is 12.1 Å². The average Bonchev–Trinajstić information content (AvgIpc) is 2.86. The number of nitriles is 1. The molecule has 0 atom stereocenters. The second-order valence-corrected chi connectivity index (χ2v) is 3.21. The third-order valence-electron chi connectivity index (χ3n) is 1.98. The summed E-state index contributed by atoms with van der Waals surface area (Å²) in [6.07, 6.45) is -4.44. The van der Waals surface area contributed by atoms with E-state index in [2.05, 4.69) is 5.32 Å². The fraction of sp³-hybridized carbons (Fsp3) is 0.364. The van der Waals surface area contributed by atoms with E-state index in [1.54, 1.807) is 0 Å². The summed E-state index contributed by atoms with van der Waals surface area (Å²) in [6, 6.07) is 6.16. The van der Waals surface area contributed by atoms with Crippen LogP contribution in [0.15, 0.2) is 24.3 Å². The van der Waals surface area contributed by atoms with Crippen LogP contribution in [0.25, 0.3) is 0 Å². The molecule has 6 heteroatoms. The lowest BCUT2D eigenvalue weighted by molar-refractivity contribution is -0.137. The minimum absolute atomic E-state index is 0.343. The lowest BCUT2D eigenvalue weighted by Gasteiger charge is -2.06. The lowest BCUT2D eigenvalue weighted by atomic mass is 10.1. The van der Waals surface area contributed by atoms with E-state index >= 15 is 0 Å². The van der Waals surface area contributed by atoms with Crippen LogP contribution in [0.5, 0.6) is 0 Å². The molecule has 0 bridgehead atoms. The molecule has 0 spiro atoms. The molecule has 2 rings (SSSR count). The van der Waals surface area contributed by atoms with E-state index in [-0.39, 0.29) is 5.56 Å². The first-order valence-corrected chi connectivity index (χ1v) is 4.90. The van der Waals surface area contributed by atoms with Crippen molar-refractivity contribution in [1.29, 1.82) is 5.26 Å². The van der Waals surface area contributed by atoms with E-state index in [9.17, 15) is 13.2 Å². The minimum Gasteiger partial charge on any atom is -0.365 e. The first-order valence-electron chi connectivity index (χ1n) is 4.90. The second kappa shape index (κ2) is 6.23. The van der Waals surface area contributed by atoms with E-state index in [0.29, 0.717) is 0 Å². The number of benzene rings is 1. The van der Waals surface area contributed by atoms with Gasteiger partial charge >= 0.3 is 6.18 Å². The maximum atomic E-state index is 12.1. The number of nitrogens with one attached hydrogen (secondary N) is 1. The quantitative estimate of drug-likeness (QED) is 0.760.